The van der Waals surface area contributed by atoms with Crippen LogP contribution in [-0.2, 0) is 4.74 Å². The number of hydrogen-bond acceptors (Lipinski definition) is 3. The zero-order valence-electron chi connectivity index (χ0n) is 11.5. The molecule has 0 aromatic carbocycles. The molecule has 2 saturated heterocycles. The first-order valence-electron chi connectivity index (χ1n) is 7.34. The third-order valence-electron chi connectivity index (χ3n) is 4.19. The lowest BCUT2D eigenvalue weighted by Gasteiger charge is -2.34. The molecule has 1 unspecified atom stereocenters. The molecule has 0 amide bonds. The second-order valence-electron chi connectivity index (χ2n) is 5.79. The number of nitrogens with one attached hydrogen (secondary N) is 1. The van der Waals surface area contributed by atoms with E-state index in [0.29, 0.717) is 6.10 Å². The van der Waals surface area contributed by atoms with Crippen LogP contribution in [0, 0.1) is 11.8 Å². The van der Waals surface area contributed by atoms with Crippen LogP contribution >= 0.6 is 0 Å². The third-order valence-corrected chi connectivity index (χ3v) is 4.19. The van der Waals surface area contributed by atoms with Gasteiger partial charge in [-0.3, -0.25) is 0 Å². The lowest BCUT2D eigenvalue weighted by Crippen LogP contribution is -2.43. The lowest BCUT2D eigenvalue weighted by atomic mass is 9.96. The Labute approximate surface area is 106 Å². The van der Waals surface area contributed by atoms with Gasteiger partial charge in [-0.25, -0.2) is 0 Å². The average molecular weight is 240 g/mol. The molecule has 2 aliphatic heterocycles. The zero-order chi connectivity index (χ0) is 12.1. The first kappa shape index (κ1) is 13.3. The summed E-state index contributed by atoms with van der Waals surface area (Å²) in [6.07, 6.45) is 4.20. The molecule has 0 aliphatic carbocycles. The third kappa shape index (κ3) is 3.94. The van der Waals surface area contributed by atoms with Gasteiger partial charge in [-0.1, -0.05) is 13.8 Å². The smallest absolute Gasteiger partial charge is 0.0702 e. The minimum atomic E-state index is 0.494. The minimum Gasteiger partial charge on any atom is -0.377 e. The Balaban J connectivity index is 1.73. The van der Waals surface area contributed by atoms with E-state index in [1.165, 1.54) is 39.0 Å². The van der Waals surface area contributed by atoms with E-state index in [9.17, 15) is 0 Å². The summed E-state index contributed by atoms with van der Waals surface area (Å²) < 4.78 is 5.90. The van der Waals surface area contributed by atoms with Gasteiger partial charge in [0.05, 0.1) is 6.10 Å². The van der Waals surface area contributed by atoms with Crippen LogP contribution in [0.5, 0.6) is 0 Å². The number of rotatable bonds is 5. The van der Waals surface area contributed by atoms with Gasteiger partial charge in [0.1, 0.15) is 0 Å². The number of piperidine rings is 1. The van der Waals surface area contributed by atoms with Crippen LogP contribution < -0.4 is 5.32 Å². The number of nitrogens with zero attached hydrogens (tertiary/aromatic N) is 1. The zero-order valence-corrected chi connectivity index (χ0v) is 11.5. The van der Waals surface area contributed by atoms with Crippen molar-refractivity contribution in [3.05, 3.63) is 0 Å². The number of likely N-dealkylation sites (tertiary alicyclic amines) is 1. The summed E-state index contributed by atoms with van der Waals surface area (Å²) in [7, 11) is 0. The predicted molar refractivity (Wildman–Crippen MR) is 71.2 cm³/mol. The molecule has 1 N–H and O–H groups in total. The summed E-state index contributed by atoms with van der Waals surface area (Å²) in [5, 5.41) is 3.50. The second kappa shape index (κ2) is 6.72. The minimum absolute atomic E-state index is 0.494. The van der Waals surface area contributed by atoms with Crippen LogP contribution in [0.2, 0.25) is 0 Å². The van der Waals surface area contributed by atoms with Gasteiger partial charge in [0.15, 0.2) is 0 Å². The van der Waals surface area contributed by atoms with Gasteiger partial charge in [0.25, 0.3) is 0 Å². The van der Waals surface area contributed by atoms with Crippen molar-refractivity contribution in [3.8, 4) is 0 Å². The maximum atomic E-state index is 5.90. The molecule has 3 atom stereocenters. The molecule has 3 nitrogen and oxygen atoms in total. The van der Waals surface area contributed by atoms with Crippen LogP contribution in [-0.4, -0.2) is 50.3 Å². The van der Waals surface area contributed by atoms with Crippen LogP contribution in [0.1, 0.15) is 33.1 Å². The highest BCUT2D eigenvalue weighted by atomic mass is 16.5. The highest BCUT2D eigenvalue weighted by molar-refractivity contribution is 4.83. The van der Waals surface area contributed by atoms with Crippen LogP contribution in [0.15, 0.2) is 0 Å². The Morgan fingerprint density at radius 2 is 2.24 bits per heavy atom. The van der Waals surface area contributed by atoms with Gasteiger partial charge in [-0.05, 0) is 50.7 Å². The van der Waals surface area contributed by atoms with E-state index in [1.807, 2.05) is 0 Å². The molecule has 100 valence electrons. The second-order valence-corrected chi connectivity index (χ2v) is 5.79. The standard InChI is InChI=1S/C14H28N2O/c1-3-7-17-14-5-4-6-16(11-14)10-13-9-15-8-12(13)2/h12-15H,3-11H2,1-2H3/t12-,13+,14?/m1/s1. The molecule has 17 heavy (non-hydrogen) atoms. The predicted octanol–water partition coefficient (Wildman–Crippen LogP) is 1.73. The molecular weight excluding hydrogens is 212 g/mol. The maximum Gasteiger partial charge on any atom is 0.0702 e. The van der Waals surface area contributed by atoms with Crippen LogP contribution in [0.25, 0.3) is 0 Å². The summed E-state index contributed by atoms with van der Waals surface area (Å²) >= 11 is 0. The van der Waals surface area contributed by atoms with Crippen molar-refractivity contribution in [1.82, 2.24) is 10.2 Å². The summed E-state index contributed by atoms with van der Waals surface area (Å²) in [5.74, 6) is 1.69. The molecular formula is C14H28N2O. The highest BCUT2D eigenvalue weighted by Gasteiger charge is 2.27. The van der Waals surface area contributed by atoms with Crippen molar-refractivity contribution in [3.63, 3.8) is 0 Å². The van der Waals surface area contributed by atoms with E-state index < -0.39 is 0 Å². The van der Waals surface area contributed by atoms with Gasteiger partial charge < -0.3 is 15.0 Å². The van der Waals surface area contributed by atoms with Crippen molar-refractivity contribution in [1.29, 1.82) is 0 Å². The van der Waals surface area contributed by atoms with Crippen LogP contribution in [0.3, 0.4) is 0 Å². The van der Waals surface area contributed by atoms with Crippen molar-refractivity contribution in [2.45, 2.75) is 39.2 Å². The highest BCUT2D eigenvalue weighted by Crippen LogP contribution is 2.20. The van der Waals surface area contributed by atoms with Gasteiger partial charge in [-0.15, -0.1) is 0 Å². The summed E-state index contributed by atoms with van der Waals surface area (Å²) in [4.78, 5) is 2.62. The molecule has 0 spiro atoms. The summed E-state index contributed by atoms with van der Waals surface area (Å²) in [6, 6.07) is 0. The number of hydrogen-bond donors (Lipinski definition) is 1. The van der Waals surface area contributed by atoms with Gasteiger partial charge in [-0.2, -0.15) is 0 Å². The van der Waals surface area contributed by atoms with Crippen molar-refractivity contribution in [2.75, 3.05) is 39.3 Å². The fraction of sp³-hybridized carbons (Fsp3) is 1.00. The normalized spacial score (nSPS) is 35.3. The van der Waals surface area contributed by atoms with E-state index in [2.05, 4.69) is 24.1 Å². The van der Waals surface area contributed by atoms with Crippen molar-refractivity contribution in [2.24, 2.45) is 11.8 Å². The van der Waals surface area contributed by atoms with Gasteiger partial charge >= 0.3 is 0 Å². The molecule has 2 heterocycles. The monoisotopic (exact) mass is 240 g/mol. The first-order chi connectivity index (χ1) is 8.29. The summed E-state index contributed by atoms with van der Waals surface area (Å²) in [6.45, 7) is 11.6. The summed E-state index contributed by atoms with van der Waals surface area (Å²) in [5.41, 5.74) is 0. The Morgan fingerprint density at radius 3 is 2.94 bits per heavy atom. The Hall–Kier alpha value is -0.120. The van der Waals surface area contributed by atoms with E-state index in [4.69, 9.17) is 4.74 Å². The van der Waals surface area contributed by atoms with E-state index in [-0.39, 0.29) is 0 Å². The van der Waals surface area contributed by atoms with Crippen LogP contribution in [0.4, 0.5) is 0 Å². The largest absolute Gasteiger partial charge is 0.377 e. The lowest BCUT2D eigenvalue weighted by molar-refractivity contribution is -0.00444. The van der Waals surface area contributed by atoms with Gasteiger partial charge in [0, 0.05) is 19.7 Å². The average Bonchev–Trinajstić information content (AvgIpc) is 2.73. The quantitative estimate of drug-likeness (QED) is 0.792. The van der Waals surface area contributed by atoms with E-state index in [1.54, 1.807) is 0 Å². The topological polar surface area (TPSA) is 24.5 Å². The molecule has 3 heteroatoms. The molecule has 2 fully saturated rings. The fourth-order valence-electron chi connectivity index (χ4n) is 3.04. The van der Waals surface area contributed by atoms with E-state index in [0.717, 1.165) is 31.4 Å². The molecule has 0 saturated carbocycles. The molecule has 0 radical (unpaired) electrons. The Bertz CT molecular complexity index is 222. The fourth-order valence-corrected chi connectivity index (χ4v) is 3.04. The Kier molecular flexibility index (Phi) is 5.26. The SMILES string of the molecule is CCCOC1CCCN(C[C@@H]2CNC[C@H]2C)C1. The first-order valence-corrected chi connectivity index (χ1v) is 7.34. The van der Waals surface area contributed by atoms with Gasteiger partial charge in [0.2, 0.25) is 0 Å². The number of ether oxygens (including phenoxy) is 1. The molecule has 2 aliphatic rings. The van der Waals surface area contributed by atoms with Crippen molar-refractivity contribution >= 4 is 0 Å². The molecule has 0 aromatic rings. The molecule has 2 rings (SSSR count). The Morgan fingerprint density at radius 1 is 1.35 bits per heavy atom. The van der Waals surface area contributed by atoms with E-state index >= 15 is 0 Å². The molecule has 0 bridgehead atoms. The maximum absolute atomic E-state index is 5.90. The molecule has 0 aromatic heterocycles. The van der Waals surface area contributed by atoms with Crippen molar-refractivity contribution < 1.29 is 4.74 Å².